The van der Waals surface area contributed by atoms with Crippen molar-refractivity contribution in [1.29, 1.82) is 0 Å². The van der Waals surface area contributed by atoms with Gasteiger partial charge in [-0.1, -0.05) is 18.6 Å². The molecule has 3 aromatic rings. The van der Waals surface area contributed by atoms with Crippen LogP contribution in [0.1, 0.15) is 45.1 Å². The van der Waals surface area contributed by atoms with Gasteiger partial charge < -0.3 is 19.8 Å². The summed E-state index contributed by atoms with van der Waals surface area (Å²) in [5.74, 6) is 1.41. The summed E-state index contributed by atoms with van der Waals surface area (Å²) in [6.07, 6.45) is 3.64. The molecule has 2 heterocycles. The number of aromatic nitrogens is 2. The van der Waals surface area contributed by atoms with E-state index in [0.29, 0.717) is 47.6 Å². The Balaban J connectivity index is 1.30. The third-order valence-electron chi connectivity index (χ3n) is 5.75. The highest BCUT2D eigenvalue weighted by Gasteiger charge is 2.22. The zero-order valence-corrected chi connectivity index (χ0v) is 19.8. The third-order valence-corrected chi connectivity index (χ3v) is 6.07. The number of nitrogens with zero attached hydrogens (tertiary/aromatic N) is 1. The molecule has 7 nitrogen and oxygen atoms in total. The van der Waals surface area contributed by atoms with Gasteiger partial charge in [0.05, 0.1) is 23.2 Å². The second kappa shape index (κ2) is 10.2. The summed E-state index contributed by atoms with van der Waals surface area (Å²) >= 11 is 5.36. The third kappa shape index (κ3) is 5.27. The normalized spacial score (nSPS) is 14.7. The van der Waals surface area contributed by atoms with Gasteiger partial charge in [0.15, 0.2) is 4.77 Å². The maximum atomic E-state index is 12.7. The van der Waals surface area contributed by atoms with Crippen molar-refractivity contribution >= 4 is 34.7 Å². The van der Waals surface area contributed by atoms with Crippen molar-refractivity contribution < 1.29 is 14.3 Å². The molecule has 1 amide bonds. The summed E-state index contributed by atoms with van der Waals surface area (Å²) in [6.45, 7) is 4.99. The van der Waals surface area contributed by atoms with Gasteiger partial charge in [0.2, 0.25) is 5.91 Å². The van der Waals surface area contributed by atoms with Gasteiger partial charge in [0.1, 0.15) is 17.6 Å². The first-order chi connectivity index (χ1) is 16.0. The van der Waals surface area contributed by atoms with Crippen LogP contribution < -0.4 is 20.3 Å². The lowest BCUT2D eigenvalue weighted by molar-refractivity contribution is -0.116. The largest absolute Gasteiger partial charge is 0.492 e. The van der Waals surface area contributed by atoms with E-state index in [-0.39, 0.29) is 17.6 Å². The van der Waals surface area contributed by atoms with Gasteiger partial charge >= 0.3 is 0 Å². The molecule has 1 atom stereocenters. The van der Waals surface area contributed by atoms with Crippen LogP contribution in [0, 0.1) is 4.77 Å². The van der Waals surface area contributed by atoms with Crippen molar-refractivity contribution in [2.24, 2.45) is 0 Å². The Morgan fingerprint density at radius 2 is 2.09 bits per heavy atom. The molecule has 8 heteroatoms. The summed E-state index contributed by atoms with van der Waals surface area (Å²) in [5, 5.41) is 3.59. The molecule has 2 aromatic carbocycles. The van der Waals surface area contributed by atoms with Crippen molar-refractivity contribution in [2.75, 3.05) is 11.9 Å². The summed E-state index contributed by atoms with van der Waals surface area (Å²) in [4.78, 5) is 28.4. The zero-order chi connectivity index (χ0) is 23.4. The number of hydrogen-bond donors (Lipinski definition) is 2. The minimum Gasteiger partial charge on any atom is -0.492 e. The predicted molar refractivity (Wildman–Crippen MR) is 132 cm³/mol. The number of nitrogens with one attached hydrogen (secondary N) is 2. The standard InChI is InChI=1S/C25H29N3O4S/c1-3-31-22-14-17-13-16(2)32-21(17)15-20(22)26-23(29)11-5-4-8-12-28-24(30)18-9-6-7-10-19(18)27-25(28)33/h6-7,9-10,14-16H,3-5,8,11-13H2,1-2H3,(H,26,29)(H,27,33)/t16-/m1/s1. The summed E-state index contributed by atoms with van der Waals surface area (Å²) < 4.78 is 13.6. The SMILES string of the molecule is CCOc1cc2c(cc1NC(=O)CCCCCn1c(=S)[nH]c3ccccc3c1=O)O[C@H](C)C2. The van der Waals surface area contributed by atoms with Crippen LogP contribution in [0.2, 0.25) is 0 Å². The Kier molecular flexibility index (Phi) is 7.13. The molecule has 2 N–H and O–H groups in total. The van der Waals surface area contributed by atoms with Gasteiger partial charge in [0, 0.05) is 31.0 Å². The first-order valence-electron chi connectivity index (χ1n) is 11.4. The van der Waals surface area contributed by atoms with Gasteiger partial charge in [-0.15, -0.1) is 0 Å². The van der Waals surface area contributed by atoms with E-state index in [2.05, 4.69) is 10.3 Å². The number of benzene rings is 2. The number of aromatic amines is 1. The zero-order valence-electron chi connectivity index (χ0n) is 19.0. The molecule has 0 fully saturated rings. The van der Waals surface area contributed by atoms with Crippen LogP contribution in [0.15, 0.2) is 41.2 Å². The van der Waals surface area contributed by atoms with Gasteiger partial charge in [-0.2, -0.15) is 0 Å². The van der Waals surface area contributed by atoms with E-state index in [1.54, 1.807) is 10.6 Å². The number of ether oxygens (including phenoxy) is 2. The maximum Gasteiger partial charge on any atom is 0.262 e. The Labute approximate surface area is 197 Å². The van der Waals surface area contributed by atoms with E-state index in [9.17, 15) is 9.59 Å². The molecular weight excluding hydrogens is 438 g/mol. The maximum absolute atomic E-state index is 12.7. The van der Waals surface area contributed by atoms with E-state index in [1.807, 2.05) is 44.2 Å². The molecule has 1 aliphatic rings. The highest BCUT2D eigenvalue weighted by molar-refractivity contribution is 7.71. The quantitative estimate of drug-likeness (QED) is 0.342. The molecule has 1 aliphatic heterocycles. The van der Waals surface area contributed by atoms with Crippen LogP contribution in [0.4, 0.5) is 5.69 Å². The average molecular weight is 468 g/mol. The topological polar surface area (TPSA) is 85.4 Å². The highest BCUT2D eigenvalue weighted by atomic mass is 32.1. The Bertz CT molecular complexity index is 1280. The smallest absolute Gasteiger partial charge is 0.262 e. The van der Waals surface area contributed by atoms with Gasteiger partial charge in [-0.05, 0) is 57.1 Å². The van der Waals surface area contributed by atoms with Gasteiger partial charge in [-0.3, -0.25) is 14.2 Å². The van der Waals surface area contributed by atoms with E-state index in [1.165, 1.54) is 0 Å². The molecule has 0 unspecified atom stereocenters. The number of anilines is 1. The Morgan fingerprint density at radius 1 is 1.27 bits per heavy atom. The molecule has 0 aliphatic carbocycles. The minimum atomic E-state index is -0.0799. The lowest BCUT2D eigenvalue weighted by Crippen LogP contribution is -2.22. The second-order valence-corrected chi connectivity index (χ2v) is 8.70. The minimum absolute atomic E-state index is 0.0675. The number of amides is 1. The summed E-state index contributed by atoms with van der Waals surface area (Å²) in [7, 11) is 0. The Hall–Kier alpha value is -3.13. The monoisotopic (exact) mass is 467 g/mol. The summed E-state index contributed by atoms with van der Waals surface area (Å²) in [5.41, 5.74) is 2.41. The molecular formula is C25H29N3O4S. The van der Waals surface area contributed by atoms with E-state index in [0.717, 1.165) is 36.1 Å². The fourth-order valence-electron chi connectivity index (χ4n) is 4.16. The molecule has 4 rings (SSSR count). The van der Waals surface area contributed by atoms with Gasteiger partial charge in [0.25, 0.3) is 5.56 Å². The molecule has 33 heavy (non-hydrogen) atoms. The van der Waals surface area contributed by atoms with Crippen molar-refractivity contribution in [3.63, 3.8) is 0 Å². The fraction of sp³-hybridized carbons (Fsp3) is 0.400. The molecule has 0 spiro atoms. The number of fused-ring (bicyclic) bond motifs is 2. The number of carbonyl (C=O) groups excluding carboxylic acids is 1. The number of para-hydroxylation sites is 1. The van der Waals surface area contributed by atoms with Crippen molar-refractivity contribution in [2.45, 2.75) is 58.6 Å². The average Bonchev–Trinajstić information content (AvgIpc) is 3.14. The van der Waals surface area contributed by atoms with Crippen LogP contribution in [0.3, 0.4) is 0 Å². The number of rotatable bonds is 9. The first kappa shape index (κ1) is 23.0. The second-order valence-electron chi connectivity index (χ2n) is 8.31. The van der Waals surface area contributed by atoms with Crippen molar-refractivity contribution in [3.05, 3.63) is 57.1 Å². The van der Waals surface area contributed by atoms with E-state index >= 15 is 0 Å². The van der Waals surface area contributed by atoms with Crippen LogP contribution in [-0.2, 0) is 17.8 Å². The lowest BCUT2D eigenvalue weighted by atomic mass is 10.1. The molecule has 0 saturated heterocycles. The number of hydrogen-bond acceptors (Lipinski definition) is 5. The molecule has 1 aromatic heterocycles. The molecule has 0 bridgehead atoms. The number of carbonyl (C=O) groups is 1. The van der Waals surface area contributed by atoms with E-state index < -0.39 is 0 Å². The van der Waals surface area contributed by atoms with Crippen molar-refractivity contribution in [1.82, 2.24) is 9.55 Å². The highest BCUT2D eigenvalue weighted by Crippen LogP contribution is 2.38. The van der Waals surface area contributed by atoms with Crippen LogP contribution >= 0.6 is 12.2 Å². The van der Waals surface area contributed by atoms with Crippen molar-refractivity contribution in [3.8, 4) is 11.5 Å². The van der Waals surface area contributed by atoms with Gasteiger partial charge in [-0.25, -0.2) is 0 Å². The summed E-state index contributed by atoms with van der Waals surface area (Å²) in [6, 6.07) is 11.2. The fourth-order valence-corrected chi connectivity index (χ4v) is 4.44. The van der Waals surface area contributed by atoms with Crippen LogP contribution in [0.5, 0.6) is 11.5 Å². The predicted octanol–water partition coefficient (Wildman–Crippen LogP) is 4.98. The van der Waals surface area contributed by atoms with Crippen LogP contribution in [0.25, 0.3) is 10.9 Å². The first-order valence-corrected chi connectivity index (χ1v) is 11.8. The van der Waals surface area contributed by atoms with Crippen LogP contribution in [-0.4, -0.2) is 28.2 Å². The number of H-pyrrole nitrogens is 1. The molecule has 0 saturated carbocycles. The van der Waals surface area contributed by atoms with E-state index in [4.69, 9.17) is 21.7 Å². The number of unbranched alkanes of at least 4 members (excludes halogenated alkanes) is 2. The molecule has 0 radical (unpaired) electrons. The molecule has 174 valence electrons. The Morgan fingerprint density at radius 3 is 2.91 bits per heavy atom. The lowest BCUT2D eigenvalue weighted by Gasteiger charge is -2.13.